The Balaban J connectivity index is 1.64. The Bertz CT molecular complexity index is 1560. The fourth-order valence-corrected chi connectivity index (χ4v) is 7.01. The van der Waals surface area contributed by atoms with Crippen molar-refractivity contribution in [3.63, 3.8) is 0 Å². The van der Waals surface area contributed by atoms with Crippen LogP contribution in [0.2, 0.25) is 0 Å². The lowest BCUT2D eigenvalue weighted by atomic mass is 9.57. The number of aryl methyl sites for hydroxylation is 1. The largest absolute Gasteiger partial charge is 0.508 e. The van der Waals surface area contributed by atoms with Crippen molar-refractivity contribution >= 4 is 23.2 Å². The highest BCUT2D eigenvalue weighted by atomic mass is 16.3. The predicted octanol–water partition coefficient (Wildman–Crippen LogP) is 2.13. The number of aromatic hydroxyl groups is 1. The van der Waals surface area contributed by atoms with Gasteiger partial charge in [0.25, 0.3) is 5.91 Å². The summed E-state index contributed by atoms with van der Waals surface area (Å²) in [6, 6.07) is 10.2. The van der Waals surface area contributed by atoms with E-state index < -0.39 is 58.0 Å². The highest BCUT2D eigenvalue weighted by Gasteiger charge is 2.64. The Kier molecular flexibility index (Phi) is 7.51. The molecular formula is C32H37N3O7. The number of aliphatic hydroxyl groups is 3. The lowest BCUT2D eigenvalue weighted by Crippen LogP contribution is -2.65. The van der Waals surface area contributed by atoms with Crippen LogP contribution in [0.15, 0.2) is 53.3 Å². The van der Waals surface area contributed by atoms with E-state index in [2.05, 4.69) is 17.0 Å². The molecule has 6 N–H and O–H groups in total. The van der Waals surface area contributed by atoms with Crippen molar-refractivity contribution < 1.29 is 34.8 Å². The Morgan fingerprint density at radius 2 is 1.79 bits per heavy atom. The van der Waals surface area contributed by atoms with Gasteiger partial charge in [0.1, 0.15) is 22.8 Å². The summed E-state index contributed by atoms with van der Waals surface area (Å²) in [7, 11) is 7.22. The number of nitrogens with zero attached hydrogens (tertiary/aromatic N) is 2. The smallest absolute Gasteiger partial charge is 0.255 e. The van der Waals surface area contributed by atoms with E-state index in [4.69, 9.17) is 5.73 Å². The minimum absolute atomic E-state index is 0.0471. The standard InChI is InChI=1S/C32H37N3O7/c1-34(2)12-6-8-16-7-5-9-17(13-16)19-10-11-22(36)24-20(19)14-18-15-21-26(35(3)4)28(38)25(31(33)41)30(40)32(21,42)29(39)23(18)27(24)37/h5,7,9-11,13,18,21,26,36-37,40,42H,6,8,12,14-15H2,1-4H3,(H2,33,41)/t18-,21-,26-,32-/m0/s1. The molecule has 0 bridgehead atoms. The molecule has 3 aliphatic carbocycles. The van der Waals surface area contributed by atoms with E-state index in [-0.39, 0.29) is 29.7 Å². The second-order valence-electron chi connectivity index (χ2n) is 12.1. The van der Waals surface area contributed by atoms with Crippen LogP contribution < -0.4 is 5.73 Å². The summed E-state index contributed by atoms with van der Waals surface area (Å²) >= 11 is 0. The van der Waals surface area contributed by atoms with Gasteiger partial charge < -0.3 is 31.1 Å². The van der Waals surface area contributed by atoms with E-state index in [0.29, 0.717) is 5.56 Å². The third-order valence-corrected chi connectivity index (χ3v) is 8.91. The van der Waals surface area contributed by atoms with Crippen molar-refractivity contribution in [2.75, 3.05) is 34.7 Å². The van der Waals surface area contributed by atoms with Gasteiger partial charge in [-0.3, -0.25) is 19.3 Å². The average molecular weight is 576 g/mol. The first-order chi connectivity index (χ1) is 19.8. The number of rotatable bonds is 7. The van der Waals surface area contributed by atoms with Crippen LogP contribution in [0, 0.1) is 11.8 Å². The molecule has 0 saturated heterocycles. The number of Topliss-reactive ketones (excluding diaryl/α,β-unsaturated/α-hetero) is 2. The number of fused-ring (bicyclic) bond motifs is 3. The zero-order valence-corrected chi connectivity index (χ0v) is 24.2. The number of hydrogen-bond donors (Lipinski definition) is 5. The number of carbonyl (C=O) groups is 3. The summed E-state index contributed by atoms with van der Waals surface area (Å²) in [6.45, 7) is 0.950. The van der Waals surface area contributed by atoms with Gasteiger partial charge in [0.15, 0.2) is 11.4 Å². The highest BCUT2D eigenvalue weighted by Crippen LogP contribution is 2.53. The van der Waals surface area contributed by atoms with E-state index in [1.165, 1.54) is 11.0 Å². The molecule has 1 fully saturated rings. The zero-order valence-electron chi connectivity index (χ0n) is 24.2. The van der Waals surface area contributed by atoms with Gasteiger partial charge in [-0.1, -0.05) is 30.3 Å². The molecule has 0 heterocycles. The lowest BCUT2D eigenvalue weighted by Gasteiger charge is -2.50. The molecule has 0 aromatic heterocycles. The number of aliphatic hydroxyl groups excluding tert-OH is 2. The van der Waals surface area contributed by atoms with Crippen LogP contribution in [0.25, 0.3) is 16.9 Å². The van der Waals surface area contributed by atoms with E-state index in [1.54, 1.807) is 20.2 Å². The summed E-state index contributed by atoms with van der Waals surface area (Å²) in [5.74, 6) is -6.61. The van der Waals surface area contributed by atoms with Gasteiger partial charge in [-0.05, 0) is 94.7 Å². The monoisotopic (exact) mass is 575 g/mol. The number of phenols is 1. The number of nitrogens with two attached hydrogens (primary N) is 1. The molecule has 1 amide bonds. The Morgan fingerprint density at radius 3 is 2.43 bits per heavy atom. The van der Waals surface area contributed by atoms with E-state index in [1.807, 2.05) is 26.2 Å². The molecule has 0 radical (unpaired) electrons. The molecule has 42 heavy (non-hydrogen) atoms. The van der Waals surface area contributed by atoms with Gasteiger partial charge in [0, 0.05) is 11.5 Å². The maximum Gasteiger partial charge on any atom is 0.255 e. The molecule has 4 atom stereocenters. The second-order valence-corrected chi connectivity index (χ2v) is 12.1. The second kappa shape index (κ2) is 10.7. The molecule has 0 spiro atoms. The first-order valence-corrected chi connectivity index (χ1v) is 14.0. The first-order valence-electron chi connectivity index (χ1n) is 14.0. The molecule has 2 aromatic carbocycles. The molecule has 2 aromatic rings. The number of ketones is 2. The normalized spacial score (nSPS) is 25.5. The Labute approximate surface area is 244 Å². The zero-order chi connectivity index (χ0) is 30.7. The number of primary amides is 1. The molecule has 222 valence electrons. The number of carbonyl (C=O) groups excluding carboxylic acids is 3. The first kappa shape index (κ1) is 29.5. The van der Waals surface area contributed by atoms with Crippen LogP contribution in [0.1, 0.15) is 29.5 Å². The molecule has 3 aliphatic rings. The maximum atomic E-state index is 14.0. The Hall–Kier alpha value is -3.99. The van der Waals surface area contributed by atoms with Crippen molar-refractivity contribution in [3.05, 3.63) is 70.0 Å². The van der Waals surface area contributed by atoms with Crippen LogP contribution in [0.3, 0.4) is 0 Å². The predicted molar refractivity (Wildman–Crippen MR) is 157 cm³/mol. The van der Waals surface area contributed by atoms with Crippen LogP contribution >= 0.6 is 0 Å². The number of phenolic OH excluding ortho intramolecular Hbond substituents is 1. The van der Waals surface area contributed by atoms with E-state index in [9.17, 15) is 34.8 Å². The summed E-state index contributed by atoms with van der Waals surface area (Å²) in [5.41, 5.74) is 5.31. The fraction of sp³-hybridized carbons (Fsp3) is 0.406. The van der Waals surface area contributed by atoms with Crippen molar-refractivity contribution in [2.24, 2.45) is 17.6 Å². The third kappa shape index (κ3) is 4.50. The van der Waals surface area contributed by atoms with Gasteiger partial charge >= 0.3 is 0 Å². The van der Waals surface area contributed by atoms with Crippen molar-refractivity contribution in [3.8, 4) is 16.9 Å². The molecule has 10 nitrogen and oxygen atoms in total. The van der Waals surface area contributed by atoms with E-state index in [0.717, 1.165) is 36.1 Å². The lowest BCUT2D eigenvalue weighted by molar-refractivity contribution is -0.153. The van der Waals surface area contributed by atoms with Crippen LogP contribution in [-0.4, -0.2) is 94.1 Å². The SMILES string of the molecule is CN(C)CCCc1cccc(-c2ccc(O)c3c2C[C@H]2C[C@H]4[C@H](N(C)C)C(=O)C(C(N)=O)=C(O)[C@@]4(O)C(=O)C2=C3O)c1. The van der Waals surface area contributed by atoms with Gasteiger partial charge in [-0.2, -0.15) is 0 Å². The fourth-order valence-electron chi connectivity index (χ4n) is 7.01. The number of amides is 1. The molecule has 1 saturated carbocycles. The maximum absolute atomic E-state index is 14.0. The summed E-state index contributed by atoms with van der Waals surface area (Å²) in [6.07, 6.45) is 2.15. The number of benzene rings is 2. The van der Waals surface area contributed by atoms with Crippen molar-refractivity contribution in [1.82, 2.24) is 9.80 Å². The molecule has 5 rings (SSSR count). The minimum Gasteiger partial charge on any atom is -0.508 e. The molecular weight excluding hydrogens is 538 g/mol. The van der Waals surface area contributed by atoms with Gasteiger partial charge in [0.05, 0.1) is 11.6 Å². The number of hydrogen-bond acceptors (Lipinski definition) is 9. The van der Waals surface area contributed by atoms with Gasteiger partial charge in [-0.15, -0.1) is 0 Å². The molecule has 10 heteroatoms. The Morgan fingerprint density at radius 1 is 1.07 bits per heavy atom. The minimum atomic E-state index is -2.65. The van der Waals surface area contributed by atoms with Crippen LogP contribution in [0.5, 0.6) is 5.75 Å². The molecule has 0 unspecified atom stereocenters. The topological polar surface area (TPSA) is 165 Å². The van der Waals surface area contributed by atoms with Crippen molar-refractivity contribution in [2.45, 2.75) is 37.3 Å². The van der Waals surface area contributed by atoms with Crippen LogP contribution in [0.4, 0.5) is 0 Å². The molecule has 0 aliphatic heterocycles. The highest BCUT2D eigenvalue weighted by molar-refractivity contribution is 6.24. The quantitative estimate of drug-likeness (QED) is 0.311. The van der Waals surface area contributed by atoms with Crippen molar-refractivity contribution in [1.29, 1.82) is 0 Å². The van der Waals surface area contributed by atoms with E-state index >= 15 is 0 Å². The third-order valence-electron chi connectivity index (χ3n) is 8.91. The van der Waals surface area contributed by atoms with Gasteiger partial charge in [0.2, 0.25) is 5.78 Å². The summed E-state index contributed by atoms with van der Waals surface area (Å²) < 4.78 is 0. The van der Waals surface area contributed by atoms with Gasteiger partial charge in [-0.25, -0.2) is 0 Å². The number of likely N-dealkylation sites (N-methyl/N-ethyl adjacent to an activating group) is 1. The summed E-state index contributed by atoms with van der Waals surface area (Å²) in [4.78, 5) is 43.1. The average Bonchev–Trinajstić information content (AvgIpc) is 2.90. The summed E-state index contributed by atoms with van der Waals surface area (Å²) in [5, 5.41) is 45.1. The van der Waals surface area contributed by atoms with Crippen LogP contribution in [-0.2, 0) is 27.2 Å².